The largest absolute Gasteiger partial charge is 0.326 e. The highest BCUT2D eigenvalue weighted by molar-refractivity contribution is 8.00. The maximum atomic E-state index is 12.3. The third-order valence-corrected chi connectivity index (χ3v) is 5.50. The summed E-state index contributed by atoms with van der Waals surface area (Å²) < 4.78 is 0. The van der Waals surface area contributed by atoms with E-state index >= 15 is 0 Å². The summed E-state index contributed by atoms with van der Waals surface area (Å²) in [5.74, 6) is 1.27. The maximum absolute atomic E-state index is 12.3. The Labute approximate surface area is 148 Å². The molecular formula is C20H24N2OS. The number of hydrogen-bond donors (Lipinski definition) is 0. The summed E-state index contributed by atoms with van der Waals surface area (Å²) in [6.07, 6.45) is 4.66. The molecule has 0 bridgehead atoms. The van der Waals surface area contributed by atoms with E-state index in [4.69, 9.17) is 0 Å². The summed E-state index contributed by atoms with van der Waals surface area (Å²) >= 11 is 1.72. The van der Waals surface area contributed by atoms with Crippen LogP contribution in [0.15, 0.2) is 42.7 Å². The number of aryl methyl sites for hydroxylation is 1. The Morgan fingerprint density at radius 1 is 1.25 bits per heavy atom. The van der Waals surface area contributed by atoms with E-state index < -0.39 is 0 Å². The zero-order chi connectivity index (χ0) is 17.1. The fourth-order valence-electron chi connectivity index (χ4n) is 3.05. The lowest BCUT2D eigenvalue weighted by Gasteiger charge is -2.27. The molecule has 3 rings (SSSR count). The van der Waals surface area contributed by atoms with Crippen LogP contribution in [-0.2, 0) is 11.2 Å². The minimum absolute atomic E-state index is 0.0917. The first-order valence-electron chi connectivity index (χ1n) is 8.44. The number of hydrogen-bond acceptors (Lipinski definition) is 3. The smallest absolute Gasteiger partial charge is 0.233 e. The SMILES string of the molecule is Cc1ccc(Cc2ccncc2C2SCC(=O)N2CC(C)C)cc1. The van der Waals surface area contributed by atoms with Crippen LogP contribution in [-0.4, -0.2) is 28.1 Å². The third-order valence-electron chi connectivity index (χ3n) is 4.26. The number of thioether (sulfide) groups is 1. The van der Waals surface area contributed by atoms with E-state index in [9.17, 15) is 4.79 Å². The zero-order valence-corrected chi connectivity index (χ0v) is 15.3. The Hall–Kier alpha value is -1.81. The van der Waals surface area contributed by atoms with E-state index in [0.717, 1.165) is 13.0 Å². The van der Waals surface area contributed by atoms with Crippen molar-refractivity contribution in [2.75, 3.05) is 12.3 Å². The highest BCUT2D eigenvalue weighted by Crippen LogP contribution is 2.40. The summed E-state index contributed by atoms with van der Waals surface area (Å²) in [6.45, 7) is 7.22. The molecule has 24 heavy (non-hydrogen) atoms. The molecule has 0 N–H and O–H groups in total. The molecule has 0 radical (unpaired) electrons. The molecule has 0 aliphatic carbocycles. The second kappa shape index (κ2) is 7.39. The second-order valence-corrected chi connectivity index (χ2v) is 7.91. The average molecular weight is 340 g/mol. The summed E-state index contributed by atoms with van der Waals surface area (Å²) in [4.78, 5) is 18.6. The van der Waals surface area contributed by atoms with Gasteiger partial charge in [-0.15, -0.1) is 11.8 Å². The fourth-order valence-corrected chi connectivity index (χ4v) is 4.29. The number of benzene rings is 1. The Morgan fingerprint density at radius 3 is 2.71 bits per heavy atom. The van der Waals surface area contributed by atoms with Crippen LogP contribution in [0.2, 0.25) is 0 Å². The number of amides is 1. The first-order valence-corrected chi connectivity index (χ1v) is 9.49. The van der Waals surface area contributed by atoms with Crippen LogP contribution in [0.5, 0.6) is 0 Å². The zero-order valence-electron chi connectivity index (χ0n) is 14.5. The van der Waals surface area contributed by atoms with E-state index in [1.165, 1.54) is 22.3 Å². The fraction of sp³-hybridized carbons (Fsp3) is 0.400. The molecule has 1 aliphatic rings. The van der Waals surface area contributed by atoms with Crippen molar-refractivity contribution in [1.82, 2.24) is 9.88 Å². The van der Waals surface area contributed by atoms with Gasteiger partial charge in [0.1, 0.15) is 5.37 Å². The van der Waals surface area contributed by atoms with Crippen molar-refractivity contribution in [3.8, 4) is 0 Å². The van der Waals surface area contributed by atoms with Crippen LogP contribution in [0, 0.1) is 12.8 Å². The topological polar surface area (TPSA) is 33.2 Å². The highest BCUT2D eigenvalue weighted by atomic mass is 32.2. The molecule has 126 valence electrons. The van der Waals surface area contributed by atoms with Crippen LogP contribution in [0.3, 0.4) is 0 Å². The Balaban J connectivity index is 1.88. The van der Waals surface area contributed by atoms with Crippen molar-refractivity contribution in [3.05, 3.63) is 65.0 Å². The monoisotopic (exact) mass is 340 g/mol. The molecule has 4 heteroatoms. The highest BCUT2D eigenvalue weighted by Gasteiger charge is 2.34. The number of nitrogens with zero attached hydrogens (tertiary/aromatic N) is 2. The van der Waals surface area contributed by atoms with Crippen molar-refractivity contribution in [1.29, 1.82) is 0 Å². The lowest BCUT2D eigenvalue weighted by atomic mass is 10.00. The number of carbonyl (C=O) groups is 1. The standard InChI is InChI=1S/C20H24N2OS/c1-14(2)12-22-19(23)13-24-20(22)18-11-21-9-8-17(18)10-16-6-4-15(3)5-7-16/h4-9,11,14,20H,10,12-13H2,1-3H3. The van der Waals surface area contributed by atoms with Gasteiger partial charge in [-0.2, -0.15) is 0 Å². The van der Waals surface area contributed by atoms with Gasteiger partial charge in [-0.3, -0.25) is 9.78 Å². The molecule has 1 aliphatic heterocycles. The molecule has 1 saturated heterocycles. The molecule has 1 aromatic carbocycles. The molecule has 0 saturated carbocycles. The normalized spacial score (nSPS) is 17.8. The molecule has 2 heterocycles. The first kappa shape index (κ1) is 17.0. The molecule has 1 aromatic heterocycles. The van der Waals surface area contributed by atoms with E-state index in [0.29, 0.717) is 11.7 Å². The van der Waals surface area contributed by atoms with Crippen molar-refractivity contribution >= 4 is 17.7 Å². The first-order chi connectivity index (χ1) is 11.5. The molecule has 2 aromatic rings. The molecule has 0 spiro atoms. The van der Waals surface area contributed by atoms with Gasteiger partial charge in [-0.25, -0.2) is 0 Å². The maximum Gasteiger partial charge on any atom is 0.233 e. The molecular weight excluding hydrogens is 316 g/mol. The Kier molecular flexibility index (Phi) is 5.24. The van der Waals surface area contributed by atoms with Crippen LogP contribution >= 0.6 is 11.8 Å². The third kappa shape index (κ3) is 3.81. The molecule has 1 amide bonds. The van der Waals surface area contributed by atoms with E-state index in [1.54, 1.807) is 11.8 Å². The second-order valence-electron chi connectivity index (χ2n) is 6.84. The van der Waals surface area contributed by atoms with Crippen molar-refractivity contribution in [2.45, 2.75) is 32.6 Å². The van der Waals surface area contributed by atoms with Gasteiger partial charge in [0.2, 0.25) is 5.91 Å². The molecule has 1 fully saturated rings. The van der Waals surface area contributed by atoms with Crippen LogP contribution < -0.4 is 0 Å². The predicted octanol–water partition coefficient (Wildman–Crippen LogP) is 4.21. The van der Waals surface area contributed by atoms with Gasteiger partial charge in [0.25, 0.3) is 0 Å². The minimum Gasteiger partial charge on any atom is -0.326 e. The lowest BCUT2D eigenvalue weighted by molar-refractivity contribution is -0.128. The summed E-state index contributed by atoms with van der Waals surface area (Å²) in [5.41, 5.74) is 5.00. The van der Waals surface area contributed by atoms with Crippen LogP contribution in [0.25, 0.3) is 0 Å². The van der Waals surface area contributed by atoms with E-state index in [2.05, 4.69) is 56.1 Å². The molecule has 1 atom stereocenters. The average Bonchev–Trinajstić information content (AvgIpc) is 2.90. The Morgan fingerprint density at radius 2 is 2.00 bits per heavy atom. The predicted molar refractivity (Wildman–Crippen MR) is 100.0 cm³/mol. The van der Waals surface area contributed by atoms with Crippen molar-refractivity contribution in [3.63, 3.8) is 0 Å². The quantitative estimate of drug-likeness (QED) is 0.817. The van der Waals surface area contributed by atoms with Crippen LogP contribution in [0.4, 0.5) is 0 Å². The summed E-state index contributed by atoms with van der Waals surface area (Å²) in [7, 11) is 0. The number of aromatic nitrogens is 1. The number of carbonyl (C=O) groups excluding carboxylic acids is 1. The number of pyridine rings is 1. The Bertz CT molecular complexity index is 712. The van der Waals surface area contributed by atoms with Gasteiger partial charge in [0, 0.05) is 24.5 Å². The van der Waals surface area contributed by atoms with Crippen molar-refractivity contribution in [2.24, 2.45) is 5.92 Å². The van der Waals surface area contributed by atoms with Crippen molar-refractivity contribution < 1.29 is 4.79 Å². The van der Waals surface area contributed by atoms with Gasteiger partial charge >= 0.3 is 0 Å². The summed E-state index contributed by atoms with van der Waals surface area (Å²) in [6, 6.07) is 10.7. The van der Waals surface area contributed by atoms with Gasteiger partial charge in [0.15, 0.2) is 0 Å². The summed E-state index contributed by atoms with van der Waals surface area (Å²) in [5, 5.41) is 0.0917. The van der Waals surface area contributed by atoms with Crippen LogP contribution in [0.1, 0.15) is 41.5 Å². The molecule has 3 nitrogen and oxygen atoms in total. The lowest BCUT2D eigenvalue weighted by Crippen LogP contribution is -2.32. The number of rotatable bonds is 5. The van der Waals surface area contributed by atoms with Gasteiger partial charge in [0.05, 0.1) is 5.75 Å². The van der Waals surface area contributed by atoms with E-state index in [-0.39, 0.29) is 11.3 Å². The van der Waals surface area contributed by atoms with Gasteiger partial charge in [-0.05, 0) is 36.5 Å². The minimum atomic E-state index is 0.0917. The van der Waals surface area contributed by atoms with Gasteiger partial charge in [-0.1, -0.05) is 43.7 Å². The van der Waals surface area contributed by atoms with E-state index in [1.807, 2.05) is 17.3 Å². The molecule has 1 unspecified atom stereocenters. The van der Waals surface area contributed by atoms with Gasteiger partial charge < -0.3 is 4.90 Å².